The van der Waals surface area contributed by atoms with Gasteiger partial charge in [-0.25, -0.2) is 4.98 Å². The van der Waals surface area contributed by atoms with Gasteiger partial charge in [0.1, 0.15) is 11.9 Å². The second-order valence-corrected chi connectivity index (χ2v) is 10.2. The molecular formula is C36H23N5. The minimum atomic E-state index is -0.130. The van der Waals surface area contributed by atoms with Gasteiger partial charge in [-0.15, -0.1) is 0 Å². The average Bonchev–Trinajstić information content (AvgIpc) is 3.38. The van der Waals surface area contributed by atoms with E-state index in [0.29, 0.717) is 5.56 Å². The number of dihydropyridines is 1. The van der Waals surface area contributed by atoms with Crippen LogP contribution >= 0.6 is 0 Å². The topological polar surface area (TPSA) is 66.5 Å². The highest BCUT2D eigenvalue weighted by atomic mass is 15.1. The molecule has 3 aromatic heterocycles. The molecular weight excluding hydrogens is 502 g/mol. The molecule has 4 aromatic carbocycles. The lowest BCUT2D eigenvalue weighted by Crippen LogP contribution is -2.22. The standard InChI is InChI=1S/C36H23N5/c37-21-29-23-9-1-3-12-27(23)36(28-13-4-2-10-24(28)29)32-16-7-14-30(39-32)31-15-8-18-35(40-31)41-33-17-6-5-11-25(33)26-19-20-38-22-34(26)41/h1-20,22,30,39H. The molecule has 0 amide bonds. The van der Waals surface area contributed by atoms with Crippen LogP contribution in [0.1, 0.15) is 22.9 Å². The van der Waals surface area contributed by atoms with E-state index in [0.717, 1.165) is 60.7 Å². The Hall–Kier alpha value is -5.73. The van der Waals surface area contributed by atoms with Crippen molar-refractivity contribution in [3.63, 3.8) is 0 Å². The van der Waals surface area contributed by atoms with Crippen molar-refractivity contribution in [3.05, 3.63) is 145 Å². The summed E-state index contributed by atoms with van der Waals surface area (Å²) in [6, 6.07) is 35.3. The highest BCUT2D eigenvalue weighted by Crippen LogP contribution is 2.38. The van der Waals surface area contributed by atoms with Crippen molar-refractivity contribution >= 4 is 49.0 Å². The Kier molecular flexibility index (Phi) is 5.19. The Bertz CT molecular complexity index is 2150. The van der Waals surface area contributed by atoms with E-state index in [1.807, 2.05) is 54.9 Å². The number of fused-ring (bicyclic) bond motifs is 5. The maximum absolute atomic E-state index is 10.1. The third-order valence-corrected chi connectivity index (χ3v) is 7.97. The number of aromatic nitrogens is 3. The lowest BCUT2D eigenvalue weighted by molar-refractivity contribution is 0.734. The largest absolute Gasteiger partial charge is 0.373 e. The number of rotatable bonds is 3. The molecule has 4 heterocycles. The molecule has 41 heavy (non-hydrogen) atoms. The van der Waals surface area contributed by atoms with E-state index in [4.69, 9.17) is 4.98 Å². The van der Waals surface area contributed by atoms with Crippen molar-refractivity contribution in [1.29, 1.82) is 5.26 Å². The molecule has 5 nitrogen and oxygen atoms in total. The van der Waals surface area contributed by atoms with Gasteiger partial charge in [-0.1, -0.05) is 84.9 Å². The normalized spacial score (nSPS) is 14.8. The van der Waals surface area contributed by atoms with E-state index < -0.39 is 0 Å². The summed E-state index contributed by atoms with van der Waals surface area (Å²) in [6.07, 6.45) is 10.1. The molecule has 0 saturated carbocycles. The van der Waals surface area contributed by atoms with Gasteiger partial charge in [0, 0.05) is 39.0 Å². The molecule has 1 atom stereocenters. The third-order valence-electron chi connectivity index (χ3n) is 7.97. The van der Waals surface area contributed by atoms with Crippen LogP contribution < -0.4 is 5.32 Å². The Balaban J connectivity index is 1.25. The van der Waals surface area contributed by atoms with Crippen LogP contribution in [0.25, 0.3) is 54.9 Å². The predicted octanol–water partition coefficient (Wildman–Crippen LogP) is 7.99. The molecule has 1 aliphatic heterocycles. The number of hydrogen-bond donors (Lipinski definition) is 1. The van der Waals surface area contributed by atoms with Gasteiger partial charge < -0.3 is 5.32 Å². The molecule has 0 saturated heterocycles. The zero-order chi connectivity index (χ0) is 27.3. The molecule has 192 valence electrons. The SMILES string of the molecule is N#Cc1c2ccccc2c(C2=CC=CC(c3cccc(-n4c5ccccc5c5ccncc54)n3)N2)c2ccccc12. The molecule has 0 aliphatic carbocycles. The van der Waals surface area contributed by atoms with Crippen LogP contribution in [0.5, 0.6) is 0 Å². The molecule has 5 heteroatoms. The molecule has 1 N–H and O–H groups in total. The Morgan fingerprint density at radius 1 is 0.707 bits per heavy atom. The fourth-order valence-corrected chi connectivity index (χ4v) is 6.20. The molecule has 0 bridgehead atoms. The van der Waals surface area contributed by atoms with Crippen molar-refractivity contribution in [2.24, 2.45) is 0 Å². The monoisotopic (exact) mass is 525 g/mol. The zero-order valence-electron chi connectivity index (χ0n) is 22.0. The number of benzene rings is 4. The smallest absolute Gasteiger partial charge is 0.138 e. The zero-order valence-corrected chi connectivity index (χ0v) is 22.0. The van der Waals surface area contributed by atoms with Gasteiger partial charge in [0.25, 0.3) is 0 Å². The fraction of sp³-hybridized carbons (Fsp3) is 0.0278. The second kappa shape index (κ2) is 9.18. The summed E-state index contributed by atoms with van der Waals surface area (Å²) in [5.41, 5.74) is 5.85. The van der Waals surface area contributed by atoms with Gasteiger partial charge in [-0.3, -0.25) is 9.55 Å². The molecule has 1 aliphatic rings. The van der Waals surface area contributed by atoms with Crippen molar-refractivity contribution in [3.8, 4) is 11.9 Å². The summed E-state index contributed by atoms with van der Waals surface area (Å²) < 4.78 is 2.19. The average molecular weight is 526 g/mol. The molecule has 0 radical (unpaired) electrons. The first kappa shape index (κ1) is 23.2. The van der Waals surface area contributed by atoms with Crippen LogP contribution in [0.15, 0.2) is 128 Å². The highest BCUT2D eigenvalue weighted by molar-refractivity contribution is 6.13. The minimum Gasteiger partial charge on any atom is -0.373 e. The van der Waals surface area contributed by atoms with Crippen LogP contribution in [0, 0.1) is 11.3 Å². The molecule has 1 unspecified atom stereocenters. The van der Waals surface area contributed by atoms with Gasteiger partial charge in [0.05, 0.1) is 34.5 Å². The summed E-state index contributed by atoms with van der Waals surface area (Å²) in [5, 5.41) is 20.2. The van der Waals surface area contributed by atoms with E-state index in [9.17, 15) is 5.26 Å². The van der Waals surface area contributed by atoms with E-state index in [-0.39, 0.29) is 6.04 Å². The van der Waals surface area contributed by atoms with Crippen LogP contribution in [0.3, 0.4) is 0 Å². The van der Waals surface area contributed by atoms with Crippen molar-refractivity contribution < 1.29 is 0 Å². The summed E-state index contributed by atoms with van der Waals surface area (Å²) in [7, 11) is 0. The van der Waals surface area contributed by atoms with Gasteiger partial charge in [-0.05, 0) is 41.1 Å². The number of nitrogens with zero attached hydrogens (tertiary/aromatic N) is 4. The maximum atomic E-state index is 10.1. The molecule has 7 aromatic rings. The quantitative estimate of drug-likeness (QED) is 0.237. The van der Waals surface area contributed by atoms with Gasteiger partial charge in [-0.2, -0.15) is 5.26 Å². The van der Waals surface area contributed by atoms with Crippen molar-refractivity contribution in [2.45, 2.75) is 6.04 Å². The summed E-state index contributed by atoms with van der Waals surface area (Å²) in [6.45, 7) is 0. The highest BCUT2D eigenvalue weighted by Gasteiger charge is 2.21. The number of allylic oxidation sites excluding steroid dienone is 2. The number of nitriles is 1. The van der Waals surface area contributed by atoms with Crippen molar-refractivity contribution in [2.75, 3.05) is 0 Å². The number of pyridine rings is 2. The molecule has 8 rings (SSSR count). The first-order valence-corrected chi connectivity index (χ1v) is 13.6. The van der Waals surface area contributed by atoms with Crippen LogP contribution in [-0.4, -0.2) is 14.5 Å². The van der Waals surface area contributed by atoms with E-state index in [1.165, 1.54) is 5.39 Å². The first-order valence-electron chi connectivity index (χ1n) is 13.6. The predicted molar refractivity (Wildman–Crippen MR) is 166 cm³/mol. The van der Waals surface area contributed by atoms with Crippen LogP contribution in [-0.2, 0) is 0 Å². The summed E-state index contributed by atoms with van der Waals surface area (Å²) in [4.78, 5) is 9.58. The maximum Gasteiger partial charge on any atom is 0.138 e. The first-order chi connectivity index (χ1) is 20.3. The summed E-state index contributed by atoms with van der Waals surface area (Å²) >= 11 is 0. The fourth-order valence-electron chi connectivity index (χ4n) is 6.20. The number of para-hydroxylation sites is 1. The van der Waals surface area contributed by atoms with Crippen LogP contribution in [0.4, 0.5) is 0 Å². The second-order valence-electron chi connectivity index (χ2n) is 10.2. The third kappa shape index (κ3) is 3.55. The lowest BCUT2D eigenvalue weighted by atomic mass is 9.89. The minimum absolute atomic E-state index is 0.130. The van der Waals surface area contributed by atoms with Gasteiger partial charge in [0.15, 0.2) is 0 Å². The Morgan fingerprint density at radius 2 is 1.39 bits per heavy atom. The van der Waals surface area contributed by atoms with E-state index >= 15 is 0 Å². The Labute approximate surface area is 236 Å². The lowest BCUT2D eigenvalue weighted by Gasteiger charge is -2.24. The van der Waals surface area contributed by atoms with Gasteiger partial charge in [0.2, 0.25) is 0 Å². The van der Waals surface area contributed by atoms with Crippen LogP contribution in [0.2, 0.25) is 0 Å². The number of nitrogens with one attached hydrogen (secondary N) is 1. The Morgan fingerprint density at radius 3 is 2.15 bits per heavy atom. The van der Waals surface area contributed by atoms with Crippen molar-refractivity contribution in [1.82, 2.24) is 19.9 Å². The van der Waals surface area contributed by atoms with E-state index in [2.05, 4.69) is 93.8 Å². The summed E-state index contributed by atoms with van der Waals surface area (Å²) in [5.74, 6) is 0.849. The van der Waals surface area contributed by atoms with E-state index in [1.54, 1.807) is 0 Å². The molecule has 0 spiro atoms. The van der Waals surface area contributed by atoms with Gasteiger partial charge >= 0.3 is 0 Å². The molecule has 0 fully saturated rings. The number of hydrogen-bond acceptors (Lipinski definition) is 4.